The first-order valence-corrected chi connectivity index (χ1v) is 12.0. The molecule has 30 heavy (non-hydrogen) atoms. The summed E-state index contributed by atoms with van der Waals surface area (Å²) in [7, 11) is 0. The number of benzene rings is 1. The van der Waals surface area contributed by atoms with E-state index >= 15 is 0 Å². The first-order chi connectivity index (χ1) is 14.8. The summed E-state index contributed by atoms with van der Waals surface area (Å²) in [5.41, 5.74) is 0.224. The minimum Gasteiger partial charge on any atom is -0.450 e. The number of para-hydroxylation sites is 1. The smallest absolute Gasteiger partial charge is 0.397 e. The van der Waals surface area contributed by atoms with Crippen LogP contribution in [0, 0.1) is 0 Å². The van der Waals surface area contributed by atoms with Crippen molar-refractivity contribution in [1.82, 2.24) is 4.98 Å². The van der Waals surface area contributed by atoms with E-state index in [4.69, 9.17) is 9.15 Å². The first-order valence-electron chi connectivity index (χ1n) is 12.0. The number of hydrogen-bond donors (Lipinski definition) is 0. The molecule has 1 aromatic heterocycles. The lowest BCUT2D eigenvalue weighted by atomic mass is 10.1. The Morgan fingerprint density at radius 2 is 1.43 bits per heavy atom. The Labute approximate surface area is 181 Å². The van der Waals surface area contributed by atoms with Gasteiger partial charge in [-0.1, -0.05) is 89.0 Å². The standard InChI is InChI=1S/C26H39NO3/c1-2-3-4-5-6-7-8-9-10-11-12-13-14-15-16-19-22-29-26-27-24-21-18-17-20-23(24)25(28)30-26/h9-10,17-18,20-21H,2-8,11-16,19,22H2,1H3/b10-9+. The molecule has 2 rings (SSSR count). The summed E-state index contributed by atoms with van der Waals surface area (Å²) in [6.45, 7) is 2.81. The molecule has 166 valence electrons. The molecule has 2 aromatic rings. The summed E-state index contributed by atoms with van der Waals surface area (Å²) in [6.07, 6.45) is 22.7. The van der Waals surface area contributed by atoms with Crippen molar-refractivity contribution in [2.75, 3.05) is 6.61 Å². The van der Waals surface area contributed by atoms with Gasteiger partial charge in [-0.15, -0.1) is 0 Å². The second kappa shape index (κ2) is 15.7. The Morgan fingerprint density at radius 3 is 2.13 bits per heavy atom. The second-order valence-corrected chi connectivity index (χ2v) is 8.07. The zero-order valence-electron chi connectivity index (χ0n) is 18.7. The molecular formula is C26H39NO3. The number of nitrogens with zero attached hydrogens (tertiary/aromatic N) is 1. The summed E-state index contributed by atoms with van der Waals surface area (Å²) < 4.78 is 10.7. The molecule has 0 aliphatic carbocycles. The fourth-order valence-corrected chi connectivity index (χ4v) is 3.57. The van der Waals surface area contributed by atoms with Crippen LogP contribution >= 0.6 is 0 Å². The molecule has 0 amide bonds. The van der Waals surface area contributed by atoms with Crippen molar-refractivity contribution in [2.24, 2.45) is 0 Å². The van der Waals surface area contributed by atoms with Crippen LogP contribution in [0.3, 0.4) is 0 Å². The van der Waals surface area contributed by atoms with Crippen LogP contribution in [-0.2, 0) is 0 Å². The zero-order chi connectivity index (χ0) is 21.3. The molecule has 4 heteroatoms. The fraction of sp³-hybridized carbons (Fsp3) is 0.615. The van der Waals surface area contributed by atoms with Gasteiger partial charge in [0.25, 0.3) is 0 Å². The lowest BCUT2D eigenvalue weighted by Crippen LogP contribution is -2.06. The molecule has 0 saturated heterocycles. The van der Waals surface area contributed by atoms with Gasteiger partial charge in [-0.25, -0.2) is 4.79 Å². The number of ether oxygens (including phenoxy) is 1. The lowest BCUT2D eigenvalue weighted by molar-refractivity contribution is 0.211. The first kappa shape index (κ1) is 24.2. The Morgan fingerprint density at radius 1 is 0.833 bits per heavy atom. The Kier molecular flexibility index (Phi) is 12.7. The van der Waals surface area contributed by atoms with E-state index in [1.165, 1.54) is 77.0 Å². The highest BCUT2D eigenvalue weighted by Crippen LogP contribution is 2.13. The van der Waals surface area contributed by atoms with E-state index in [2.05, 4.69) is 24.1 Å². The Hall–Kier alpha value is -2.10. The molecule has 0 fully saturated rings. The van der Waals surface area contributed by atoms with Crippen LogP contribution in [0.25, 0.3) is 10.9 Å². The van der Waals surface area contributed by atoms with Crippen molar-refractivity contribution in [3.05, 3.63) is 46.8 Å². The van der Waals surface area contributed by atoms with Crippen LogP contribution in [0.2, 0.25) is 0 Å². The molecule has 0 spiro atoms. The molecule has 0 N–H and O–H groups in total. The van der Waals surface area contributed by atoms with Gasteiger partial charge in [-0.05, 0) is 44.2 Å². The van der Waals surface area contributed by atoms with Crippen LogP contribution < -0.4 is 10.4 Å². The van der Waals surface area contributed by atoms with E-state index in [0.29, 0.717) is 17.5 Å². The molecule has 0 bridgehead atoms. The van der Waals surface area contributed by atoms with Crippen molar-refractivity contribution < 1.29 is 9.15 Å². The van der Waals surface area contributed by atoms with Gasteiger partial charge < -0.3 is 9.15 Å². The van der Waals surface area contributed by atoms with Gasteiger partial charge in [0.05, 0.1) is 17.5 Å². The second-order valence-electron chi connectivity index (χ2n) is 8.07. The van der Waals surface area contributed by atoms with E-state index in [0.717, 1.165) is 12.8 Å². The summed E-state index contributed by atoms with van der Waals surface area (Å²) in [5.74, 6) is 0. The number of rotatable bonds is 17. The van der Waals surface area contributed by atoms with Crippen molar-refractivity contribution in [2.45, 2.75) is 96.8 Å². The van der Waals surface area contributed by atoms with Gasteiger partial charge in [0.15, 0.2) is 0 Å². The number of unbranched alkanes of at least 4 members (excludes halogenated alkanes) is 12. The third kappa shape index (κ3) is 10.1. The average molecular weight is 414 g/mol. The largest absolute Gasteiger partial charge is 0.450 e. The summed E-state index contributed by atoms with van der Waals surface area (Å²) >= 11 is 0. The Balaban J connectivity index is 1.41. The summed E-state index contributed by atoms with van der Waals surface area (Å²) in [6, 6.07) is 7.16. The van der Waals surface area contributed by atoms with Crippen molar-refractivity contribution in [1.29, 1.82) is 0 Å². The molecule has 1 heterocycles. The average Bonchev–Trinajstić information content (AvgIpc) is 2.76. The summed E-state index contributed by atoms with van der Waals surface area (Å²) in [4.78, 5) is 16.1. The van der Waals surface area contributed by atoms with Crippen molar-refractivity contribution in [3.63, 3.8) is 0 Å². The maximum atomic E-state index is 11.9. The maximum absolute atomic E-state index is 11.9. The van der Waals surface area contributed by atoms with Gasteiger partial charge in [0.2, 0.25) is 0 Å². The fourth-order valence-electron chi connectivity index (χ4n) is 3.57. The number of fused-ring (bicyclic) bond motifs is 1. The van der Waals surface area contributed by atoms with Gasteiger partial charge in [-0.2, -0.15) is 4.98 Å². The highest BCUT2D eigenvalue weighted by molar-refractivity contribution is 5.76. The molecule has 0 aliphatic heterocycles. The predicted octanol–water partition coefficient (Wildman–Crippen LogP) is 7.60. The van der Waals surface area contributed by atoms with Gasteiger partial charge >= 0.3 is 11.7 Å². The minimum atomic E-state index is -0.392. The molecule has 0 radical (unpaired) electrons. The van der Waals surface area contributed by atoms with E-state index in [9.17, 15) is 4.79 Å². The topological polar surface area (TPSA) is 52.3 Å². The normalized spacial score (nSPS) is 11.5. The SMILES string of the molecule is CCCCCCCC/C=C/CCCCCCCCOc1nc2ccccc2c(=O)o1. The lowest BCUT2D eigenvalue weighted by Gasteiger charge is -2.04. The molecule has 4 nitrogen and oxygen atoms in total. The van der Waals surface area contributed by atoms with Crippen LogP contribution in [0.1, 0.15) is 96.8 Å². The molecule has 0 unspecified atom stereocenters. The van der Waals surface area contributed by atoms with Gasteiger partial charge in [-0.3, -0.25) is 0 Å². The highest BCUT2D eigenvalue weighted by Gasteiger charge is 2.06. The van der Waals surface area contributed by atoms with E-state index < -0.39 is 5.63 Å². The maximum Gasteiger partial charge on any atom is 0.397 e. The van der Waals surface area contributed by atoms with E-state index in [-0.39, 0.29) is 6.08 Å². The quantitative estimate of drug-likeness (QED) is 0.198. The van der Waals surface area contributed by atoms with Gasteiger partial charge in [0.1, 0.15) is 0 Å². The predicted molar refractivity (Wildman–Crippen MR) is 125 cm³/mol. The van der Waals surface area contributed by atoms with Crippen LogP contribution in [0.5, 0.6) is 6.08 Å². The van der Waals surface area contributed by atoms with E-state index in [1.54, 1.807) is 18.2 Å². The van der Waals surface area contributed by atoms with Crippen LogP contribution in [0.15, 0.2) is 45.6 Å². The van der Waals surface area contributed by atoms with Crippen LogP contribution in [0.4, 0.5) is 0 Å². The summed E-state index contributed by atoms with van der Waals surface area (Å²) in [5, 5.41) is 0.488. The van der Waals surface area contributed by atoms with Crippen molar-refractivity contribution in [3.8, 4) is 6.08 Å². The van der Waals surface area contributed by atoms with Crippen LogP contribution in [-0.4, -0.2) is 11.6 Å². The molecule has 1 aromatic carbocycles. The third-order valence-electron chi connectivity index (χ3n) is 5.40. The highest BCUT2D eigenvalue weighted by atomic mass is 16.6. The molecule has 0 saturated carbocycles. The molecule has 0 atom stereocenters. The number of hydrogen-bond acceptors (Lipinski definition) is 4. The monoisotopic (exact) mass is 413 g/mol. The van der Waals surface area contributed by atoms with Crippen molar-refractivity contribution >= 4 is 10.9 Å². The Bertz CT molecular complexity index is 781. The number of aromatic nitrogens is 1. The molecular weight excluding hydrogens is 374 g/mol. The minimum absolute atomic E-state index is 0.0754. The molecule has 0 aliphatic rings. The third-order valence-corrected chi connectivity index (χ3v) is 5.40. The van der Waals surface area contributed by atoms with Gasteiger partial charge in [0, 0.05) is 0 Å². The zero-order valence-corrected chi connectivity index (χ0v) is 18.7. The number of allylic oxidation sites excluding steroid dienone is 2. The van der Waals surface area contributed by atoms with E-state index in [1.807, 2.05) is 6.07 Å².